The lowest BCUT2D eigenvalue weighted by molar-refractivity contribution is -0.181. The average Bonchev–Trinajstić information content (AvgIpc) is 3.21. The van der Waals surface area contributed by atoms with Gasteiger partial charge in [0.1, 0.15) is 5.69 Å². The molecule has 1 spiro atoms. The van der Waals surface area contributed by atoms with E-state index in [-0.39, 0.29) is 5.91 Å². The molecule has 6 heteroatoms. The molecule has 0 unspecified atom stereocenters. The summed E-state index contributed by atoms with van der Waals surface area (Å²) in [7, 11) is 0. The van der Waals surface area contributed by atoms with Crippen molar-refractivity contribution in [2.24, 2.45) is 0 Å². The predicted molar refractivity (Wildman–Crippen MR) is 105 cm³/mol. The highest BCUT2D eigenvalue weighted by molar-refractivity contribution is 5.93. The highest BCUT2D eigenvalue weighted by Gasteiger charge is 2.41. The van der Waals surface area contributed by atoms with Crippen molar-refractivity contribution in [1.29, 1.82) is 0 Å². The number of likely N-dealkylation sites (tertiary alicyclic amines) is 1. The first kappa shape index (κ1) is 17.6. The van der Waals surface area contributed by atoms with Crippen LogP contribution < -0.4 is 4.90 Å². The molecule has 0 N–H and O–H groups in total. The van der Waals surface area contributed by atoms with Crippen LogP contribution in [0.3, 0.4) is 0 Å². The Morgan fingerprint density at radius 3 is 2.54 bits per heavy atom. The molecule has 2 fully saturated rings. The number of fused-ring (bicyclic) bond motifs is 1. The second kappa shape index (κ2) is 7.18. The number of pyridine rings is 1. The zero-order valence-electron chi connectivity index (χ0n) is 16.0. The van der Waals surface area contributed by atoms with Gasteiger partial charge >= 0.3 is 0 Å². The van der Waals surface area contributed by atoms with Gasteiger partial charge in [0.15, 0.2) is 5.79 Å². The summed E-state index contributed by atoms with van der Waals surface area (Å²) in [6.07, 6.45) is 4.22. The second-order valence-electron chi connectivity index (χ2n) is 7.74. The molecule has 5 rings (SSSR count). The van der Waals surface area contributed by atoms with Crippen LogP contribution in [0.4, 0.5) is 5.69 Å². The van der Waals surface area contributed by atoms with E-state index in [2.05, 4.69) is 34.1 Å². The van der Waals surface area contributed by atoms with Gasteiger partial charge in [0, 0.05) is 50.9 Å². The maximum absolute atomic E-state index is 13.0. The first-order valence-electron chi connectivity index (χ1n) is 10.1. The molecule has 2 saturated heterocycles. The van der Waals surface area contributed by atoms with Crippen LogP contribution in [0.2, 0.25) is 0 Å². The Labute approximate surface area is 165 Å². The number of amides is 1. The molecule has 1 aromatic heterocycles. The lowest BCUT2D eigenvalue weighted by Gasteiger charge is -2.37. The van der Waals surface area contributed by atoms with Crippen molar-refractivity contribution in [2.75, 3.05) is 37.7 Å². The molecule has 3 aliphatic heterocycles. The topological polar surface area (TPSA) is 54.9 Å². The molecule has 0 bridgehead atoms. The number of ether oxygens (including phenoxy) is 2. The third-order valence-electron chi connectivity index (χ3n) is 6.08. The van der Waals surface area contributed by atoms with Gasteiger partial charge in [0.05, 0.1) is 13.2 Å². The maximum Gasteiger partial charge on any atom is 0.272 e. The average molecular weight is 379 g/mol. The number of aromatic nitrogens is 1. The van der Waals surface area contributed by atoms with Gasteiger partial charge in [-0.05, 0) is 29.7 Å². The van der Waals surface area contributed by atoms with E-state index in [1.807, 2.05) is 17.0 Å². The van der Waals surface area contributed by atoms with Gasteiger partial charge < -0.3 is 19.3 Å². The van der Waals surface area contributed by atoms with Gasteiger partial charge in [0.25, 0.3) is 5.91 Å². The molecule has 6 nitrogen and oxygen atoms in total. The Kier molecular flexibility index (Phi) is 4.53. The largest absolute Gasteiger partial charge is 0.367 e. The Morgan fingerprint density at radius 2 is 1.75 bits per heavy atom. The summed E-state index contributed by atoms with van der Waals surface area (Å²) >= 11 is 0. The lowest BCUT2D eigenvalue weighted by Crippen LogP contribution is -2.47. The third-order valence-corrected chi connectivity index (χ3v) is 6.08. The molecule has 0 atom stereocenters. The standard InChI is InChI=1S/C22H25N3O3/c26-21(24-11-7-22(8-12-24)27-13-14-28-22)20-15-19(5-9-23-20)25-10-6-17-3-1-2-4-18(17)16-25/h1-5,9,15H,6-8,10-14,16H2. The summed E-state index contributed by atoms with van der Waals surface area (Å²) in [5, 5.41) is 0. The fraction of sp³-hybridized carbons (Fsp3) is 0.455. The van der Waals surface area contributed by atoms with E-state index < -0.39 is 5.79 Å². The van der Waals surface area contributed by atoms with Crippen molar-refractivity contribution in [2.45, 2.75) is 31.6 Å². The first-order chi connectivity index (χ1) is 13.7. The van der Waals surface area contributed by atoms with Crippen LogP contribution in [0.1, 0.15) is 34.5 Å². The molecule has 3 aliphatic rings. The number of carbonyl (C=O) groups excluding carboxylic acids is 1. The van der Waals surface area contributed by atoms with Gasteiger partial charge in [0.2, 0.25) is 0 Å². The van der Waals surface area contributed by atoms with Crippen LogP contribution in [-0.4, -0.2) is 54.4 Å². The Morgan fingerprint density at radius 1 is 1.00 bits per heavy atom. The van der Waals surface area contributed by atoms with Crippen molar-refractivity contribution in [1.82, 2.24) is 9.88 Å². The number of anilines is 1. The van der Waals surface area contributed by atoms with Crippen molar-refractivity contribution < 1.29 is 14.3 Å². The molecule has 2 aromatic rings. The predicted octanol–water partition coefficient (Wildman–Crippen LogP) is 2.62. The van der Waals surface area contributed by atoms with Crippen LogP contribution >= 0.6 is 0 Å². The molecular weight excluding hydrogens is 354 g/mol. The highest BCUT2D eigenvalue weighted by Crippen LogP contribution is 2.32. The number of piperidine rings is 1. The molecule has 1 amide bonds. The second-order valence-corrected chi connectivity index (χ2v) is 7.74. The van der Waals surface area contributed by atoms with Crippen LogP contribution in [0, 0.1) is 0 Å². The minimum Gasteiger partial charge on any atom is -0.367 e. The van der Waals surface area contributed by atoms with Crippen LogP contribution in [-0.2, 0) is 22.4 Å². The smallest absolute Gasteiger partial charge is 0.272 e. The third kappa shape index (κ3) is 3.27. The summed E-state index contributed by atoms with van der Waals surface area (Å²) in [6, 6.07) is 12.5. The minimum atomic E-state index is -0.465. The van der Waals surface area contributed by atoms with Gasteiger partial charge in [-0.3, -0.25) is 9.78 Å². The normalized spacial score (nSPS) is 21.0. The van der Waals surface area contributed by atoms with E-state index >= 15 is 0 Å². The molecule has 0 saturated carbocycles. The molecule has 0 aliphatic carbocycles. The summed E-state index contributed by atoms with van der Waals surface area (Å²) in [5.74, 6) is -0.472. The molecule has 146 valence electrons. The molecule has 28 heavy (non-hydrogen) atoms. The Balaban J connectivity index is 1.29. The molecule has 4 heterocycles. The SMILES string of the molecule is O=C(c1cc(N2CCc3ccccc3C2)ccn1)N1CCC2(CC1)OCCO2. The summed E-state index contributed by atoms with van der Waals surface area (Å²) < 4.78 is 11.5. The number of carbonyl (C=O) groups is 1. The summed E-state index contributed by atoms with van der Waals surface area (Å²) in [5.41, 5.74) is 4.35. The van der Waals surface area contributed by atoms with E-state index in [1.54, 1.807) is 6.20 Å². The Bertz CT molecular complexity index is 869. The van der Waals surface area contributed by atoms with Gasteiger partial charge in [-0.2, -0.15) is 0 Å². The monoisotopic (exact) mass is 379 g/mol. The highest BCUT2D eigenvalue weighted by atomic mass is 16.7. The van der Waals surface area contributed by atoms with Crippen LogP contribution in [0.5, 0.6) is 0 Å². The van der Waals surface area contributed by atoms with E-state index in [4.69, 9.17) is 9.47 Å². The van der Waals surface area contributed by atoms with E-state index in [0.29, 0.717) is 32.0 Å². The van der Waals surface area contributed by atoms with Crippen molar-refractivity contribution in [3.63, 3.8) is 0 Å². The first-order valence-corrected chi connectivity index (χ1v) is 10.1. The zero-order chi connectivity index (χ0) is 19.0. The lowest BCUT2D eigenvalue weighted by atomic mass is 9.99. The fourth-order valence-electron chi connectivity index (χ4n) is 4.45. The van der Waals surface area contributed by atoms with Crippen molar-refractivity contribution in [3.8, 4) is 0 Å². The number of nitrogens with zero attached hydrogens (tertiary/aromatic N) is 3. The number of rotatable bonds is 2. The fourth-order valence-corrected chi connectivity index (χ4v) is 4.45. The summed E-state index contributed by atoms with van der Waals surface area (Å²) in [4.78, 5) is 21.6. The maximum atomic E-state index is 13.0. The molecule has 1 aromatic carbocycles. The Hall–Kier alpha value is -2.44. The summed E-state index contributed by atoms with van der Waals surface area (Å²) in [6.45, 7) is 4.40. The van der Waals surface area contributed by atoms with Crippen molar-refractivity contribution in [3.05, 3.63) is 59.4 Å². The number of hydrogen-bond donors (Lipinski definition) is 0. The van der Waals surface area contributed by atoms with Gasteiger partial charge in [-0.25, -0.2) is 0 Å². The number of benzene rings is 1. The van der Waals surface area contributed by atoms with E-state index in [9.17, 15) is 4.79 Å². The zero-order valence-corrected chi connectivity index (χ0v) is 16.0. The van der Waals surface area contributed by atoms with E-state index in [1.165, 1.54) is 11.1 Å². The van der Waals surface area contributed by atoms with Crippen LogP contribution in [0.25, 0.3) is 0 Å². The number of hydrogen-bond acceptors (Lipinski definition) is 5. The minimum absolute atomic E-state index is 0.00731. The molecular formula is C22H25N3O3. The quantitative estimate of drug-likeness (QED) is 0.803. The van der Waals surface area contributed by atoms with Gasteiger partial charge in [-0.1, -0.05) is 24.3 Å². The van der Waals surface area contributed by atoms with E-state index in [0.717, 1.165) is 38.0 Å². The van der Waals surface area contributed by atoms with Gasteiger partial charge in [-0.15, -0.1) is 0 Å². The molecule has 0 radical (unpaired) electrons. The van der Waals surface area contributed by atoms with Crippen LogP contribution in [0.15, 0.2) is 42.6 Å². The van der Waals surface area contributed by atoms with Crippen molar-refractivity contribution >= 4 is 11.6 Å².